The fraction of sp³-hybridized carbons (Fsp3) is 0.211. The summed E-state index contributed by atoms with van der Waals surface area (Å²) in [7, 11) is 0. The van der Waals surface area contributed by atoms with Gasteiger partial charge < -0.3 is 10.6 Å². The van der Waals surface area contributed by atoms with Gasteiger partial charge >= 0.3 is 6.03 Å². The smallest absolute Gasteiger partial charge is 0.318 e. The number of nitrogens with one attached hydrogen (secondary N) is 2. The molecule has 3 nitrogen and oxygen atoms in total. The second-order valence-electron chi connectivity index (χ2n) is 5.38. The van der Waals surface area contributed by atoms with Gasteiger partial charge in [-0.15, -0.1) is 0 Å². The average molecular weight is 294 g/mol. The zero-order valence-corrected chi connectivity index (χ0v) is 13.1. The molecule has 0 bridgehead atoms. The summed E-state index contributed by atoms with van der Waals surface area (Å²) in [5.41, 5.74) is 4.75. The van der Waals surface area contributed by atoms with Gasteiger partial charge in [-0.3, -0.25) is 0 Å². The van der Waals surface area contributed by atoms with E-state index in [-0.39, 0.29) is 6.03 Å². The van der Waals surface area contributed by atoms with E-state index in [0.717, 1.165) is 12.0 Å². The highest BCUT2D eigenvalue weighted by Gasteiger charge is 1.97. The molecule has 22 heavy (non-hydrogen) atoms. The van der Waals surface area contributed by atoms with Crippen LogP contribution in [0.4, 0.5) is 4.79 Å². The summed E-state index contributed by atoms with van der Waals surface area (Å²) < 4.78 is 0. The van der Waals surface area contributed by atoms with Crippen LogP contribution in [0.5, 0.6) is 0 Å². The Morgan fingerprint density at radius 1 is 1.05 bits per heavy atom. The third-order valence-corrected chi connectivity index (χ3v) is 3.35. The molecule has 3 heteroatoms. The van der Waals surface area contributed by atoms with E-state index < -0.39 is 0 Å². The van der Waals surface area contributed by atoms with E-state index in [9.17, 15) is 4.79 Å². The standard InChI is InChI=1S/C19H22N2O/c1-15-6-8-17(9-7-15)10-12-20-19(22)21-13-11-18-5-3-4-16(2)14-18/h3-10,12,14H,11,13H2,1-2H3,(H2,20,21,22)/b12-10+. The van der Waals surface area contributed by atoms with Crippen LogP contribution in [-0.4, -0.2) is 12.6 Å². The molecule has 0 aliphatic heterocycles. The summed E-state index contributed by atoms with van der Waals surface area (Å²) in [4.78, 5) is 11.7. The molecule has 0 fully saturated rings. The van der Waals surface area contributed by atoms with E-state index in [4.69, 9.17) is 0 Å². The molecule has 0 aromatic heterocycles. The van der Waals surface area contributed by atoms with E-state index in [1.165, 1.54) is 16.7 Å². The molecule has 2 aromatic carbocycles. The number of rotatable bonds is 5. The molecule has 2 aromatic rings. The molecule has 0 unspecified atom stereocenters. The van der Waals surface area contributed by atoms with Crippen LogP contribution in [-0.2, 0) is 6.42 Å². The highest BCUT2D eigenvalue weighted by Crippen LogP contribution is 2.05. The van der Waals surface area contributed by atoms with Gasteiger partial charge in [-0.05, 0) is 37.5 Å². The largest absolute Gasteiger partial charge is 0.338 e. The molecule has 2 N–H and O–H groups in total. The molecule has 0 saturated heterocycles. The van der Waals surface area contributed by atoms with Crippen molar-refractivity contribution in [2.24, 2.45) is 0 Å². The number of carbonyl (C=O) groups is 1. The Balaban J connectivity index is 1.70. The molecule has 0 atom stereocenters. The van der Waals surface area contributed by atoms with Gasteiger partial charge in [-0.2, -0.15) is 0 Å². The lowest BCUT2D eigenvalue weighted by Gasteiger charge is -2.05. The van der Waals surface area contributed by atoms with Gasteiger partial charge in [0.2, 0.25) is 0 Å². The van der Waals surface area contributed by atoms with E-state index in [1.54, 1.807) is 6.20 Å². The Kier molecular flexibility index (Phi) is 5.78. The minimum atomic E-state index is -0.184. The monoisotopic (exact) mass is 294 g/mol. The lowest BCUT2D eigenvalue weighted by atomic mass is 10.1. The number of carbonyl (C=O) groups excluding carboxylic acids is 1. The van der Waals surface area contributed by atoms with Crippen molar-refractivity contribution in [3.8, 4) is 0 Å². The number of hydrogen-bond acceptors (Lipinski definition) is 1. The van der Waals surface area contributed by atoms with Crippen molar-refractivity contribution in [2.75, 3.05) is 6.54 Å². The average Bonchev–Trinajstić information content (AvgIpc) is 2.49. The molecule has 2 rings (SSSR count). The van der Waals surface area contributed by atoms with Gasteiger partial charge in [0, 0.05) is 12.7 Å². The SMILES string of the molecule is Cc1ccc(/C=C/NC(=O)NCCc2cccc(C)c2)cc1. The van der Waals surface area contributed by atoms with Crippen LogP contribution >= 0.6 is 0 Å². The number of urea groups is 1. The molecule has 2 amide bonds. The van der Waals surface area contributed by atoms with Crippen LogP contribution in [0, 0.1) is 13.8 Å². The number of benzene rings is 2. The van der Waals surface area contributed by atoms with Crippen molar-refractivity contribution in [3.05, 3.63) is 77.0 Å². The number of hydrogen-bond donors (Lipinski definition) is 2. The van der Waals surface area contributed by atoms with Crippen LogP contribution in [0.1, 0.15) is 22.3 Å². The third-order valence-electron chi connectivity index (χ3n) is 3.35. The highest BCUT2D eigenvalue weighted by atomic mass is 16.2. The first-order chi connectivity index (χ1) is 10.6. The van der Waals surface area contributed by atoms with Crippen molar-refractivity contribution in [3.63, 3.8) is 0 Å². The molecule has 0 spiro atoms. The van der Waals surface area contributed by atoms with Gasteiger partial charge in [-0.1, -0.05) is 59.7 Å². The minimum absolute atomic E-state index is 0.184. The first-order valence-corrected chi connectivity index (χ1v) is 7.46. The van der Waals surface area contributed by atoms with Crippen molar-refractivity contribution >= 4 is 12.1 Å². The van der Waals surface area contributed by atoms with Crippen molar-refractivity contribution in [2.45, 2.75) is 20.3 Å². The van der Waals surface area contributed by atoms with Gasteiger partial charge in [0.1, 0.15) is 0 Å². The normalized spacial score (nSPS) is 10.6. The Morgan fingerprint density at radius 3 is 2.55 bits per heavy atom. The van der Waals surface area contributed by atoms with Crippen molar-refractivity contribution < 1.29 is 4.79 Å². The topological polar surface area (TPSA) is 41.1 Å². The second kappa shape index (κ2) is 8.03. The zero-order chi connectivity index (χ0) is 15.8. The highest BCUT2D eigenvalue weighted by molar-refractivity contribution is 5.75. The van der Waals surface area contributed by atoms with Crippen molar-refractivity contribution in [1.82, 2.24) is 10.6 Å². The lowest BCUT2D eigenvalue weighted by molar-refractivity contribution is 0.244. The molecule has 114 valence electrons. The summed E-state index contributed by atoms with van der Waals surface area (Å²) in [6.45, 7) is 4.74. The van der Waals surface area contributed by atoms with Gasteiger partial charge in [0.05, 0.1) is 0 Å². The Hall–Kier alpha value is -2.55. The molecular formula is C19H22N2O. The van der Waals surface area contributed by atoms with Crippen LogP contribution in [0.3, 0.4) is 0 Å². The molecule has 0 aliphatic rings. The lowest BCUT2D eigenvalue weighted by Crippen LogP contribution is -2.33. The minimum Gasteiger partial charge on any atom is -0.338 e. The second-order valence-corrected chi connectivity index (χ2v) is 5.38. The summed E-state index contributed by atoms with van der Waals surface area (Å²) in [6.07, 6.45) is 4.36. The maximum Gasteiger partial charge on any atom is 0.318 e. The zero-order valence-electron chi connectivity index (χ0n) is 13.1. The van der Waals surface area contributed by atoms with E-state index in [0.29, 0.717) is 6.54 Å². The summed E-state index contributed by atoms with van der Waals surface area (Å²) in [5, 5.41) is 5.56. The Labute approximate surface area is 132 Å². The molecule has 0 aliphatic carbocycles. The maximum atomic E-state index is 11.7. The quantitative estimate of drug-likeness (QED) is 0.865. The number of aryl methyl sites for hydroxylation is 2. The first-order valence-electron chi connectivity index (χ1n) is 7.46. The third kappa shape index (κ3) is 5.44. The first kappa shape index (κ1) is 15.8. The maximum absolute atomic E-state index is 11.7. The Bertz CT molecular complexity index is 645. The predicted molar refractivity (Wildman–Crippen MR) is 91.6 cm³/mol. The Morgan fingerprint density at radius 2 is 1.82 bits per heavy atom. The van der Waals surface area contributed by atoms with Crippen LogP contribution in [0.2, 0.25) is 0 Å². The predicted octanol–water partition coefficient (Wildman–Crippen LogP) is 3.82. The molecule has 0 radical (unpaired) electrons. The molecule has 0 heterocycles. The van der Waals surface area contributed by atoms with Gasteiger partial charge in [0.25, 0.3) is 0 Å². The van der Waals surface area contributed by atoms with Crippen LogP contribution in [0.15, 0.2) is 54.7 Å². The summed E-state index contributed by atoms with van der Waals surface area (Å²) >= 11 is 0. The van der Waals surface area contributed by atoms with Crippen LogP contribution < -0.4 is 10.6 Å². The summed E-state index contributed by atoms with van der Waals surface area (Å²) in [5.74, 6) is 0. The molecular weight excluding hydrogens is 272 g/mol. The van der Waals surface area contributed by atoms with Gasteiger partial charge in [0.15, 0.2) is 0 Å². The fourth-order valence-corrected chi connectivity index (χ4v) is 2.13. The van der Waals surface area contributed by atoms with Crippen LogP contribution in [0.25, 0.3) is 6.08 Å². The van der Waals surface area contributed by atoms with E-state index in [1.807, 2.05) is 43.3 Å². The summed E-state index contributed by atoms with van der Waals surface area (Å²) in [6, 6.07) is 16.3. The van der Waals surface area contributed by atoms with Crippen molar-refractivity contribution in [1.29, 1.82) is 0 Å². The number of amides is 2. The van der Waals surface area contributed by atoms with Gasteiger partial charge in [-0.25, -0.2) is 4.79 Å². The van der Waals surface area contributed by atoms with E-state index >= 15 is 0 Å². The fourth-order valence-electron chi connectivity index (χ4n) is 2.13. The van der Waals surface area contributed by atoms with E-state index in [2.05, 4.69) is 35.8 Å². The molecule has 0 saturated carbocycles.